The molecule has 0 aromatic carbocycles. The van der Waals surface area contributed by atoms with Crippen LogP contribution in [-0.2, 0) is 0 Å². The third-order valence-corrected chi connectivity index (χ3v) is 1.46. The molecule has 1 rings (SSSR count). The molecule has 1 aliphatic rings. The van der Waals surface area contributed by atoms with Crippen LogP contribution in [0.25, 0.3) is 0 Å². The molecule has 0 atom stereocenters. The lowest BCUT2D eigenvalue weighted by Crippen LogP contribution is -2.11. The van der Waals surface area contributed by atoms with E-state index in [1.165, 1.54) is 0 Å². The molecule has 0 aromatic heterocycles. The molecule has 0 saturated heterocycles. The predicted molar refractivity (Wildman–Crippen MR) is 33.9 cm³/mol. The quantitative estimate of drug-likeness (QED) is 0.476. The summed E-state index contributed by atoms with van der Waals surface area (Å²) in [7, 11) is 0. The lowest BCUT2D eigenvalue weighted by molar-refractivity contribution is 0.929. The van der Waals surface area contributed by atoms with Gasteiger partial charge in [0.15, 0.2) is 0 Å². The van der Waals surface area contributed by atoms with Gasteiger partial charge in [0.05, 0.1) is 0 Å². The van der Waals surface area contributed by atoms with Crippen molar-refractivity contribution in [3.63, 3.8) is 0 Å². The van der Waals surface area contributed by atoms with Crippen molar-refractivity contribution < 1.29 is 0 Å². The van der Waals surface area contributed by atoms with Crippen molar-refractivity contribution in [1.82, 2.24) is 0 Å². The Labute approximate surface area is 48.9 Å². The minimum absolute atomic E-state index is 0.820. The van der Waals surface area contributed by atoms with Gasteiger partial charge < -0.3 is 10.8 Å². The van der Waals surface area contributed by atoms with Crippen LogP contribution >= 0.6 is 0 Å². The summed E-state index contributed by atoms with van der Waals surface area (Å²) in [5, 5.41) is 14.4. The fourth-order valence-electron chi connectivity index (χ4n) is 0.854. The lowest BCUT2D eigenvalue weighted by Gasteiger charge is -2.10. The Balaban J connectivity index is 2.40. The number of rotatable bonds is 0. The number of hydrogen-bond acceptors (Lipinski definition) is 2. The van der Waals surface area contributed by atoms with Crippen LogP contribution in [0.15, 0.2) is 0 Å². The maximum Gasteiger partial charge on any atom is 0.00966 e. The largest absolute Gasteiger partial charge is 0.310 e. The molecule has 0 radical (unpaired) electrons. The summed E-state index contributed by atoms with van der Waals surface area (Å²) in [5.41, 5.74) is 1.64. The highest BCUT2D eigenvalue weighted by Gasteiger charge is 2.07. The highest BCUT2D eigenvalue weighted by molar-refractivity contribution is 5.95. The van der Waals surface area contributed by atoms with E-state index in [-0.39, 0.29) is 0 Å². The average Bonchev–Trinajstić information content (AvgIpc) is 1.77. The third-order valence-electron chi connectivity index (χ3n) is 1.46. The highest BCUT2D eigenvalue weighted by atomic mass is 14.5. The molecular formula is C6H10N2. The Bertz CT molecular complexity index is 98.5. The van der Waals surface area contributed by atoms with Crippen molar-refractivity contribution in [3.05, 3.63) is 0 Å². The molecule has 0 spiro atoms. The molecule has 2 nitrogen and oxygen atoms in total. The summed E-state index contributed by atoms with van der Waals surface area (Å²) in [4.78, 5) is 0. The van der Waals surface area contributed by atoms with Gasteiger partial charge in [-0.15, -0.1) is 0 Å². The van der Waals surface area contributed by atoms with Crippen LogP contribution in [0.2, 0.25) is 0 Å². The minimum Gasteiger partial charge on any atom is -0.310 e. The molecular weight excluding hydrogens is 100 g/mol. The molecule has 8 heavy (non-hydrogen) atoms. The zero-order valence-corrected chi connectivity index (χ0v) is 4.83. The Morgan fingerprint density at radius 2 is 1.00 bits per heavy atom. The van der Waals surface area contributed by atoms with Gasteiger partial charge in [-0.05, 0) is 25.7 Å². The van der Waals surface area contributed by atoms with Crippen molar-refractivity contribution in [2.24, 2.45) is 0 Å². The Morgan fingerprint density at radius 3 is 1.25 bits per heavy atom. The molecule has 1 fully saturated rings. The second kappa shape index (κ2) is 2.07. The Hall–Kier alpha value is -0.660. The number of nitrogens with one attached hydrogen (secondary N) is 2. The summed E-state index contributed by atoms with van der Waals surface area (Å²) in [6.07, 6.45) is 3.33. The summed E-state index contributed by atoms with van der Waals surface area (Å²) >= 11 is 0. The Kier molecular flexibility index (Phi) is 1.42. The van der Waals surface area contributed by atoms with E-state index in [1.54, 1.807) is 0 Å². The first-order valence-electron chi connectivity index (χ1n) is 2.91. The zero-order chi connectivity index (χ0) is 5.98. The van der Waals surface area contributed by atoms with Crippen molar-refractivity contribution in [2.45, 2.75) is 25.7 Å². The normalized spacial score (nSPS) is 21.5. The van der Waals surface area contributed by atoms with E-state index in [4.69, 9.17) is 10.8 Å². The van der Waals surface area contributed by atoms with Crippen LogP contribution in [0, 0.1) is 10.8 Å². The summed E-state index contributed by atoms with van der Waals surface area (Å²) in [6.45, 7) is 0. The van der Waals surface area contributed by atoms with Gasteiger partial charge in [0.25, 0.3) is 0 Å². The van der Waals surface area contributed by atoms with Crippen LogP contribution in [0.4, 0.5) is 0 Å². The molecule has 0 unspecified atom stereocenters. The number of hydrogen-bond donors (Lipinski definition) is 2. The smallest absolute Gasteiger partial charge is 0.00966 e. The van der Waals surface area contributed by atoms with E-state index >= 15 is 0 Å². The van der Waals surface area contributed by atoms with E-state index < -0.39 is 0 Å². The molecule has 0 bridgehead atoms. The maximum atomic E-state index is 7.18. The van der Waals surface area contributed by atoms with Gasteiger partial charge in [-0.2, -0.15) is 0 Å². The van der Waals surface area contributed by atoms with E-state index in [9.17, 15) is 0 Å². The van der Waals surface area contributed by atoms with Crippen molar-refractivity contribution in [3.8, 4) is 0 Å². The van der Waals surface area contributed by atoms with Crippen LogP contribution in [0.5, 0.6) is 0 Å². The van der Waals surface area contributed by atoms with Gasteiger partial charge in [-0.1, -0.05) is 0 Å². The molecule has 44 valence electrons. The third kappa shape index (κ3) is 1.15. The SMILES string of the molecule is N=C1CCC(=N)CC1. The molecule has 2 N–H and O–H groups in total. The van der Waals surface area contributed by atoms with Crippen LogP contribution in [0.3, 0.4) is 0 Å². The molecule has 2 heteroatoms. The highest BCUT2D eigenvalue weighted by Crippen LogP contribution is 2.09. The van der Waals surface area contributed by atoms with Crippen LogP contribution in [-0.4, -0.2) is 11.4 Å². The van der Waals surface area contributed by atoms with Gasteiger partial charge in [-0.3, -0.25) is 0 Å². The minimum atomic E-state index is 0.820. The Morgan fingerprint density at radius 1 is 0.750 bits per heavy atom. The van der Waals surface area contributed by atoms with Crippen molar-refractivity contribution in [1.29, 1.82) is 10.8 Å². The second-order valence-electron chi connectivity index (χ2n) is 2.21. The van der Waals surface area contributed by atoms with Gasteiger partial charge >= 0.3 is 0 Å². The maximum absolute atomic E-state index is 7.18. The molecule has 0 heterocycles. The predicted octanol–water partition coefficient (Wildman–Crippen LogP) is 1.60. The molecule has 1 saturated carbocycles. The lowest BCUT2D eigenvalue weighted by atomic mass is 9.97. The second-order valence-corrected chi connectivity index (χ2v) is 2.21. The van der Waals surface area contributed by atoms with E-state index in [0.717, 1.165) is 37.1 Å². The first-order valence-corrected chi connectivity index (χ1v) is 2.91. The first-order chi connectivity index (χ1) is 3.79. The van der Waals surface area contributed by atoms with Crippen LogP contribution in [0.1, 0.15) is 25.7 Å². The van der Waals surface area contributed by atoms with E-state index in [0.29, 0.717) is 0 Å². The van der Waals surface area contributed by atoms with E-state index in [1.807, 2.05) is 0 Å². The fourth-order valence-corrected chi connectivity index (χ4v) is 0.854. The monoisotopic (exact) mass is 110 g/mol. The van der Waals surface area contributed by atoms with Crippen LogP contribution < -0.4 is 0 Å². The average molecular weight is 110 g/mol. The summed E-state index contributed by atoms with van der Waals surface area (Å²) < 4.78 is 0. The van der Waals surface area contributed by atoms with E-state index in [2.05, 4.69) is 0 Å². The summed E-state index contributed by atoms with van der Waals surface area (Å²) in [6, 6.07) is 0. The van der Waals surface area contributed by atoms with Crippen molar-refractivity contribution >= 4 is 11.4 Å². The summed E-state index contributed by atoms with van der Waals surface area (Å²) in [5.74, 6) is 0. The molecule has 0 aliphatic heterocycles. The van der Waals surface area contributed by atoms with Gasteiger partial charge in [-0.25, -0.2) is 0 Å². The molecule has 0 amide bonds. The zero-order valence-electron chi connectivity index (χ0n) is 4.83. The van der Waals surface area contributed by atoms with Gasteiger partial charge in [0.1, 0.15) is 0 Å². The standard InChI is InChI=1S/C6H10N2/c7-5-1-2-6(8)4-3-5/h7-8H,1-4H2. The fraction of sp³-hybridized carbons (Fsp3) is 0.667. The molecule has 0 aromatic rings. The van der Waals surface area contributed by atoms with Gasteiger partial charge in [0, 0.05) is 11.4 Å². The first kappa shape index (κ1) is 5.48. The van der Waals surface area contributed by atoms with Crippen molar-refractivity contribution in [2.75, 3.05) is 0 Å². The van der Waals surface area contributed by atoms with Gasteiger partial charge in [0.2, 0.25) is 0 Å². The topological polar surface area (TPSA) is 47.7 Å². The molecule has 1 aliphatic carbocycles.